The zero-order valence-corrected chi connectivity index (χ0v) is 18.3. The summed E-state index contributed by atoms with van der Waals surface area (Å²) in [6.07, 6.45) is 5.95. The maximum Gasteiger partial charge on any atom is 0.190 e. The van der Waals surface area contributed by atoms with Crippen molar-refractivity contribution in [3.63, 3.8) is 0 Å². The summed E-state index contributed by atoms with van der Waals surface area (Å²) in [5.41, 5.74) is 1.23. The fourth-order valence-corrected chi connectivity index (χ4v) is 5.45. The number of anilines is 1. The van der Waals surface area contributed by atoms with Gasteiger partial charge in [-0.1, -0.05) is 32.0 Å². The standard InChI is InChI=1S/C21H27N3O2S2/c1-4-6-10-27-20-23-18(22-12-14-8-7-9-25-14)17-15-11-21(3,5-2)26-13-16(15)28-19(17)24-20/h7-9H,4-6,10-13H2,1-3H3,(H,22,23,24)/t21-/m0/s1. The molecule has 0 bridgehead atoms. The Bertz CT molecular complexity index is 939. The number of hydrogen-bond donors (Lipinski definition) is 1. The van der Waals surface area contributed by atoms with Gasteiger partial charge in [0.15, 0.2) is 5.16 Å². The van der Waals surface area contributed by atoms with Gasteiger partial charge in [0.2, 0.25) is 0 Å². The van der Waals surface area contributed by atoms with E-state index in [0.717, 1.165) is 45.5 Å². The van der Waals surface area contributed by atoms with E-state index < -0.39 is 0 Å². The lowest BCUT2D eigenvalue weighted by Gasteiger charge is -2.33. The van der Waals surface area contributed by atoms with Crippen LogP contribution in [0.25, 0.3) is 10.2 Å². The van der Waals surface area contributed by atoms with Crippen LogP contribution in [-0.2, 0) is 24.3 Å². The summed E-state index contributed by atoms with van der Waals surface area (Å²) in [5.74, 6) is 2.86. The van der Waals surface area contributed by atoms with Crippen LogP contribution in [0.5, 0.6) is 0 Å². The van der Waals surface area contributed by atoms with Crippen LogP contribution in [0.3, 0.4) is 0 Å². The van der Waals surface area contributed by atoms with E-state index in [1.807, 2.05) is 12.1 Å². The lowest BCUT2D eigenvalue weighted by molar-refractivity contribution is -0.0542. The highest BCUT2D eigenvalue weighted by Gasteiger charge is 2.33. The maximum absolute atomic E-state index is 6.16. The molecule has 0 saturated heterocycles. The second-order valence-corrected chi connectivity index (χ2v) is 9.59. The molecule has 7 heteroatoms. The number of nitrogens with one attached hydrogen (secondary N) is 1. The smallest absolute Gasteiger partial charge is 0.190 e. The van der Waals surface area contributed by atoms with Crippen molar-refractivity contribution in [2.75, 3.05) is 11.1 Å². The van der Waals surface area contributed by atoms with Gasteiger partial charge in [0.05, 0.1) is 30.4 Å². The number of furan rings is 1. The molecule has 3 aromatic rings. The van der Waals surface area contributed by atoms with Crippen molar-refractivity contribution in [2.45, 2.75) is 70.4 Å². The average Bonchev–Trinajstić information content (AvgIpc) is 3.33. The number of nitrogens with zero attached hydrogens (tertiary/aromatic N) is 2. The van der Waals surface area contributed by atoms with E-state index in [2.05, 4.69) is 26.1 Å². The Balaban J connectivity index is 1.72. The molecule has 3 aromatic heterocycles. The molecule has 5 nitrogen and oxygen atoms in total. The predicted molar refractivity (Wildman–Crippen MR) is 116 cm³/mol. The van der Waals surface area contributed by atoms with Gasteiger partial charge in [0.25, 0.3) is 0 Å². The van der Waals surface area contributed by atoms with E-state index in [0.29, 0.717) is 13.2 Å². The van der Waals surface area contributed by atoms with E-state index in [-0.39, 0.29) is 5.60 Å². The Labute approximate surface area is 174 Å². The van der Waals surface area contributed by atoms with Gasteiger partial charge in [-0.15, -0.1) is 11.3 Å². The van der Waals surface area contributed by atoms with Crippen molar-refractivity contribution in [1.29, 1.82) is 0 Å². The summed E-state index contributed by atoms with van der Waals surface area (Å²) in [6.45, 7) is 7.87. The molecule has 4 rings (SSSR count). The zero-order valence-electron chi connectivity index (χ0n) is 16.7. The van der Waals surface area contributed by atoms with Crippen molar-refractivity contribution >= 4 is 39.1 Å². The van der Waals surface area contributed by atoms with Crippen LogP contribution in [0, 0.1) is 0 Å². The van der Waals surface area contributed by atoms with E-state index in [9.17, 15) is 0 Å². The summed E-state index contributed by atoms with van der Waals surface area (Å²) >= 11 is 3.49. The van der Waals surface area contributed by atoms with Crippen molar-refractivity contribution in [1.82, 2.24) is 9.97 Å². The SMILES string of the molecule is CCCCSc1nc(NCc2ccco2)c2c3c(sc2n1)CO[C@@](C)(CC)C3. The van der Waals surface area contributed by atoms with Gasteiger partial charge in [0.1, 0.15) is 16.4 Å². The molecule has 1 aliphatic rings. The molecule has 0 saturated carbocycles. The molecular formula is C21H27N3O2S2. The van der Waals surface area contributed by atoms with Gasteiger partial charge in [0, 0.05) is 17.1 Å². The highest BCUT2D eigenvalue weighted by atomic mass is 32.2. The van der Waals surface area contributed by atoms with E-state index in [1.54, 1.807) is 29.4 Å². The summed E-state index contributed by atoms with van der Waals surface area (Å²) in [5, 5.41) is 5.52. The van der Waals surface area contributed by atoms with Crippen LogP contribution in [0.2, 0.25) is 0 Å². The highest BCUT2D eigenvalue weighted by Crippen LogP contribution is 2.42. The normalized spacial score (nSPS) is 19.1. The van der Waals surface area contributed by atoms with Gasteiger partial charge < -0.3 is 14.5 Å². The third kappa shape index (κ3) is 4.07. The topological polar surface area (TPSA) is 60.2 Å². The summed E-state index contributed by atoms with van der Waals surface area (Å²) in [7, 11) is 0. The maximum atomic E-state index is 6.16. The zero-order chi connectivity index (χ0) is 19.6. The molecule has 28 heavy (non-hydrogen) atoms. The largest absolute Gasteiger partial charge is 0.467 e. The third-order valence-electron chi connectivity index (χ3n) is 5.30. The lowest BCUT2D eigenvalue weighted by Crippen LogP contribution is -2.33. The van der Waals surface area contributed by atoms with Crippen molar-refractivity contribution in [2.24, 2.45) is 0 Å². The van der Waals surface area contributed by atoms with E-state index in [4.69, 9.17) is 19.1 Å². The summed E-state index contributed by atoms with van der Waals surface area (Å²) in [6, 6.07) is 3.89. The van der Waals surface area contributed by atoms with E-state index >= 15 is 0 Å². The lowest BCUT2D eigenvalue weighted by atomic mass is 9.90. The molecule has 1 atom stereocenters. The molecule has 4 heterocycles. The molecule has 1 N–H and O–H groups in total. The predicted octanol–water partition coefficient (Wildman–Crippen LogP) is 6.03. The number of ether oxygens (including phenoxy) is 1. The van der Waals surface area contributed by atoms with Gasteiger partial charge in [-0.3, -0.25) is 0 Å². The van der Waals surface area contributed by atoms with Crippen LogP contribution >= 0.6 is 23.1 Å². The van der Waals surface area contributed by atoms with Crippen LogP contribution in [0.4, 0.5) is 5.82 Å². The Morgan fingerprint density at radius 3 is 2.96 bits per heavy atom. The minimum atomic E-state index is -0.117. The first-order valence-corrected chi connectivity index (χ1v) is 11.8. The number of aromatic nitrogens is 2. The Morgan fingerprint density at radius 2 is 2.21 bits per heavy atom. The molecule has 1 aliphatic heterocycles. The molecule has 0 aromatic carbocycles. The number of thioether (sulfide) groups is 1. The minimum Gasteiger partial charge on any atom is -0.467 e. The number of fused-ring (bicyclic) bond motifs is 3. The van der Waals surface area contributed by atoms with Gasteiger partial charge >= 0.3 is 0 Å². The van der Waals surface area contributed by atoms with Crippen molar-refractivity contribution in [3.8, 4) is 0 Å². The van der Waals surface area contributed by atoms with Crippen LogP contribution < -0.4 is 5.32 Å². The van der Waals surface area contributed by atoms with Crippen molar-refractivity contribution in [3.05, 3.63) is 34.6 Å². The highest BCUT2D eigenvalue weighted by molar-refractivity contribution is 7.99. The molecule has 0 aliphatic carbocycles. The molecule has 0 unspecified atom stereocenters. The van der Waals surface area contributed by atoms with Crippen LogP contribution in [-0.4, -0.2) is 21.3 Å². The minimum absolute atomic E-state index is 0.117. The summed E-state index contributed by atoms with van der Waals surface area (Å²) in [4.78, 5) is 12.1. The fourth-order valence-electron chi connectivity index (χ4n) is 3.36. The quantitative estimate of drug-likeness (QED) is 0.274. The second kappa shape index (κ2) is 8.43. The number of rotatable bonds is 8. The number of unbranched alkanes of at least 4 members (excludes halogenated alkanes) is 1. The number of hydrogen-bond acceptors (Lipinski definition) is 7. The van der Waals surface area contributed by atoms with Gasteiger partial charge in [-0.05, 0) is 37.5 Å². The Morgan fingerprint density at radius 1 is 1.32 bits per heavy atom. The monoisotopic (exact) mass is 417 g/mol. The Hall–Kier alpha value is -1.57. The summed E-state index contributed by atoms with van der Waals surface area (Å²) < 4.78 is 11.7. The fraction of sp³-hybridized carbons (Fsp3) is 0.524. The Kier molecular flexibility index (Phi) is 5.94. The first kappa shape index (κ1) is 19.7. The first-order chi connectivity index (χ1) is 13.6. The molecule has 0 spiro atoms. The van der Waals surface area contributed by atoms with Crippen molar-refractivity contribution < 1.29 is 9.15 Å². The first-order valence-electron chi connectivity index (χ1n) is 9.97. The molecule has 150 valence electrons. The second-order valence-electron chi connectivity index (χ2n) is 7.44. The third-order valence-corrected chi connectivity index (χ3v) is 7.34. The molecular weight excluding hydrogens is 390 g/mol. The molecule has 0 fully saturated rings. The van der Waals surface area contributed by atoms with E-state index in [1.165, 1.54) is 23.3 Å². The van der Waals surface area contributed by atoms with Gasteiger partial charge in [-0.25, -0.2) is 9.97 Å². The molecule has 0 amide bonds. The van der Waals surface area contributed by atoms with Crippen LogP contribution in [0.1, 0.15) is 56.2 Å². The van der Waals surface area contributed by atoms with Gasteiger partial charge in [-0.2, -0.15) is 0 Å². The number of thiophene rings is 1. The molecule has 0 radical (unpaired) electrons. The van der Waals surface area contributed by atoms with Crippen LogP contribution in [0.15, 0.2) is 28.0 Å². The average molecular weight is 418 g/mol.